The highest BCUT2D eigenvalue weighted by Gasteiger charge is 2.39. The van der Waals surface area contributed by atoms with Crippen LogP contribution in [0.5, 0.6) is 0 Å². The molecule has 1 aliphatic heterocycles. The van der Waals surface area contributed by atoms with Crippen LogP contribution in [0.4, 0.5) is 23.7 Å². The summed E-state index contributed by atoms with van der Waals surface area (Å²) >= 11 is 0. The summed E-state index contributed by atoms with van der Waals surface area (Å²) in [5, 5.41) is 0. The maximum absolute atomic E-state index is 13.1. The summed E-state index contributed by atoms with van der Waals surface area (Å²) in [5.41, 5.74) is 2.90. The molecule has 0 aliphatic carbocycles. The normalized spacial score (nSPS) is 19.5. The lowest BCUT2D eigenvalue weighted by Gasteiger charge is -2.39. The molecule has 1 saturated heterocycles. The van der Waals surface area contributed by atoms with Crippen LogP contribution in [0, 0.1) is 0 Å². The Hall–Kier alpha value is -2.01. The Bertz CT molecular complexity index is 850. The smallest absolute Gasteiger partial charge is 0.418 e. The lowest BCUT2D eigenvalue weighted by atomic mass is 10.2. The molecule has 1 atom stereocenters. The van der Waals surface area contributed by atoms with Crippen molar-refractivity contribution in [2.75, 3.05) is 25.4 Å². The van der Waals surface area contributed by atoms with E-state index in [0.717, 1.165) is 16.4 Å². The van der Waals surface area contributed by atoms with Gasteiger partial charge in [0.25, 0.3) is 0 Å². The Morgan fingerprint density at radius 1 is 1.21 bits per heavy atom. The number of nitrogens with zero attached hydrogens (tertiary/aromatic N) is 2. The fourth-order valence-electron chi connectivity index (χ4n) is 2.87. The maximum Gasteiger partial charge on any atom is 0.418 e. The molecule has 0 unspecified atom stereocenters. The molecule has 1 aliphatic rings. The van der Waals surface area contributed by atoms with E-state index in [-0.39, 0.29) is 19.6 Å². The number of anilines is 1. The SMILES string of the molecule is C[C@@H]1CN(C(=O)OC(C)(C)C)CCN1S(=O)(=O)c1ccc(N)c(C(F)(F)F)c1. The molecule has 7 nitrogen and oxygen atoms in total. The summed E-state index contributed by atoms with van der Waals surface area (Å²) in [4.78, 5) is 13.1. The van der Waals surface area contributed by atoms with Crippen molar-refractivity contribution in [1.29, 1.82) is 0 Å². The molecule has 158 valence electrons. The summed E-state index contributed by atoms with van der Waals surface area (Å²) in [7, 11) is -4.20. The second kappa shape index (κ2) is 7.43. The van der Waals surface area contributed by atoms with Crippen LogP contribution in [0.1, 0.15) is 33.3 Å². The fourth-order valence-corrected chi connectivity index (χ4v) is 4.51. The van der Waals surface area contributed by atoms with Gasteiger partial charge in [-0.05, 0) is 45.9 Å². The predicted octanol–water partition coefficient (Wildman–Crippen LogP) is 2.92. The molecule has 0 radical (unpaired) electrons. The minimum absolute atomic E-state index is 0.0610. The standard InChI is InChI=1S/C17H24F3N3O4S/c1-11-10-22(15(24)27-16(2,3)4)7-8-23(11)28(25,26)12-5-6-14(21)13(9-12)17(18,19)20/h5-6,9,11H,7-8,10,21H2,1-4H3/t11-/m1/s1. The van der Waals surface area contributed by atoms with Gasteiger partial charge in [-0.25, -0.2) is 13.2 Å². The molecule has 1 aromatic carbocycles. The fraction of sp³-hybridized carbons (Fsp3) is 0.588. The Morgan fingerprint density at radius 2 is 1.82 bits per heavy atom. The van der Waals surface area contributed by atoms with E-state index in [4.69, 9.17) is 10.5 Å². The molecule has 28 heavy (non-hydrogen) atoms. The molecule has 1 aromatic rings. The zero-order valence-electron chi connectivity index (χ0n) is 16.1. The monoisotopic (exact) mass is 423 g/mol. The molecule has 0 bridgehead atoms. The van der Waals surface area contributed by atoms with E-state index in [1.165, 1.54) is 4.90 Å². The summed E-state index contributed by atoms with van der Waals surface area (Å²) in [6.45, 7) is 6.80. The topological polar surface area (TPSA) is 92.9 Å². The zero-order valence-corrected chi connectivity index (χ0v) is 16.9. The van der Waals surface area contributed by atoms with Crippen molar-refractivity contribution in [1.82, 2.24) is 9.21 Å². The number of alkyl halides is 3. The molecular formula is C17H24F3N3O4S. The van der Waals surface area contributed by atoms with Gasteiger partial charge in [0.1, 0.15) is 5.60 Å². The third kappa shape index (κ3) is 4.88. The van der Waals surface area contributed by atoms with Crippen LogP contribution in [0.25, 0.3) is 0 Å². The van der Waals surface area contributed by atoms with Gasteiger partial charge < -0.3 is 15.4 Å². The van der Waals surface area contributed by atoms with E-state index in [1.54, 1.807) is 27.7 Å². The Kier molecular flexibility index (Phi) is 5.91. The van der Waals surface area contributed by atoms with Crippen molar-refractivity contribution in [2.45, 2.75) is 50.4 Å². The molecule has 0 spiro atoms. The summed E-state index contributed by atoms with van der Waals surface area (Å²) in [5.74, 6) is 0. The van der Waals surface area contributed by atoms with Gasteiger partial charge in [-0.1, -0.05) is 0 Å². The molecule has 11 heteroatoms. The lowest BCUT2D eigenvalue weighted by molar-refractivity contribution is -0.137. The van der Waals surface area contributed by atoms with Gasteiger partial charge in [-0.15, -0.1) is 0 Å². The second-order valence-corrected chi connectivity index (χ2v) is 9.53. The number of hydrogen-bond acceptors (Lipinski definition) is 5. The Morgan fingerprint density at radius 3 is 2.32 bits per heavy atom. The van der Waals surface area contributed by atoms with Crippen LogP contribution in [0.2, 0.25) is 0 Å². The Labute approximate surface area is 162 Å². The van der Waals surface area contributed by atoms with Crippen molar-refractivity contribution >= 4 is 21.8 Å². The summed E-state index contributed by atoms with van der Waals surface area (Å²) in [6, 6.07) is 1.88. The first-order valence-corrected chi connectivity index (χ1v) is 10.0. The number of piperazine rings is 1. The third-order valence-corrected chi connectivity index (χ3v) is 6.16. The van der Waals surface area contributed by atoms with Crippen molar-refractivity contribution < 1.29 is 31.1 Å². The summed E-state index contributed by atoms with van der Waals surface area (Å²) in [6.07, 6.45) is -5.33. The number of sulfonamides is 1. The Balaban J connectivity index is 2.23. The largest absolute Gasteiger partial charge is 0.444 e. The van der Waals surface area contributed by atoms with Crippen LogP contribution < -0.4 is 5.73 Å². The number of nitrogens with two attached hydrogens (primary N) is 1. The van der Waals surface area contributed by atoms with Gasteiger partial charge in [0.15, 0.2) is 0 Å². The van der Waals surface area contributed by atoms with Crippen molar-refractivity contribution in [3.63, 3.8) is 0 Å². The molecule has 1 amide bonds. The van der Waals surface area contributed by atoms with Gasteiger partial charge in [0.2, 0.25) is 10.0 Å². The first-order chi connectivity index (χ1) is 12.6. The number of ether oxygens (including phenoxy) is 1. The number of nitrogen functional groups attached to an aromatic ring is 1. The number of carbonyl (C=O) groups excluding carboxylic acids is 1. The number of rotatable bonds is 2. The van der Waals surface area contributed by atoms with Crippen LogP contribution in [0.15, 0.2) is 23.1 Å². The highest BCUT2D eigenvalue weighted by atomic mass is 32.2. The number of hydrogen-bond donors (Lipinski definition) is 1. The number of halogens is 3. The van der Waals surface area contributed by atoms with Gasteiger partial charge in [0, 0.05) is 31.4 Å². The van der Waals surface area contributed by atoms with E-state index < -0.39 is 50.1 Å². The highest BCUT2D eigenvalue weighted by Crippen LogP contribution is 2.35. The van der Waals surface area contributed by atoms with E-state index in [1.807, 2.05) is 0 Å². The zero-order chi connectivity index (χ0) is 21.5. The minimum Gasteiger partial charge on any atom is -0.444 e. The second-order valence-electron chi connectivity index (χ2n) is 7.64. The first kappa shape index (κ1) is 22.3. The van der Waals surface area contributed by atoms with Crippen LogP contribution in [-0.4, -0.2) is 55.0 Å². The first-order valence-electron chi connectivity index (χ1n) is 8.59. The molecular weight excluding hydrogens is 399 g/mol. The lowest BCUT2D eigenvalue weighted by Crippen LogP contribution is -2.56. The van der Waals surface area contributed by atoms with E-state index in [2.05, 4.69) is 0 Å². The average molecular weight is 423 g/mol. The molecule has 2 rings (SSSR count). The maximum atomic E-state index is 13.1. The van der Waals surface area contributed by atoms with Gasteiger partial charge in [0.05, 0.1) is 10.5 Å². The van der Waals surface area contributed by atoms with Crippen LogP contribution >= 0.6 is 0 Å². The molecule has 2 N–H and O–H groups in total. The van der Waals surface area contributed by atoms with Crippen molar-refractivity contribution in [3.05, 3.63) is 23.8 Å². The highest BCUT2D eigenvalue weighted by molar-refractivity contribution is 7.89. The van der Waals surface area contributed by atoms with E-state index in [9.17, 15) is 26.4 Å². The summed E-state index contributed by atoms with van der Waals surface area (Å²) < 4.78 is 71.3. The van der Waals surface area contributed by atoms with Gasteiger partial charge in [-0.3, -0.25) is 0 Å². The molecule has 1 fully saturated rings. The van der Waals surface area contributed by atoms with E-state index >= 15 is 0 Å². The number of benzene rings is 1. The third-order valence-electron chi connectivity index (χ3n) is 4.15. The number of carbonyl (C=O) groups is 1. The number of amides is 1. The van der Waals surface area contributed by atoms with E-state index in [0.29, 0.717) is 6.07 Å². The predicted molar refractivity (Wildman–Crippen MR) is 97.0 cm³/mol. The molecule has 1 heterocycles. The van der Waals surface area contributed by atoms with Crippen molar-refractivity contribution in [3.8, 4) is 0 Å². The van der Waals surface area contributed by atoms with Gasteiger partial charge in [-0.2, -0.15) is 17.5 Å². The molecule has 0 aromatic heterocycles. The average Bonchev–Trinajstić information content (AvgIpc) is 2.51. The minimum atomic E-state index is -4.77. The molecule has 0 saturated carbocycles. The van der Waals surface area contributed by atoms with Crippen LogP contribution in [-0.2, 0) is 20.9 Å². The van der Waals surface area contributed by atoms with Crippen LogP contribution in [0.3, 0.4) is 0 Å². The van der Waals surface area contributed by atoms with Crippen molar-refractivity contribution in [2.24, 2.45) is 0 Å². The quantitative estimate of drug-likeness (QED) is 0.739. The van der Waals surface area contributed by atoms with Gasteiger partial charge >= 0.3 is 12.3 Å².